The first kappa shape index (κ1) is 19.8. The minimum atomic E-state index is -0.748. The second-order valence-electron chi connectivity index (χ2n) is 5.27. The molecule has 0 unspecified atom stereocenters. The average Bonchev–Trinajstić information content (AvgIpc) is 2.61. The number of ether oxygens (including phenoxy) is 2. The number of benzene rings is 2. The maximum atomic E-state index is 12.0. The third-order valence-electron chi connectivity index (χ3n) is 3.42. The van der Waals surface area contributed by atoms with Crippen LogP contribution in [0.1, 0.15) is 26.3 Å². The number of nitrogens with one attached hydrogen (secondary N) is 1. The monoisotopic (exact) mass is 395 g/mol. The molecule has 1 N–H and O–H groups in total. The Kier molecular flexibility index (Phi) is 6.60. The van der Waals surface area contributed by atoms with Crippen LogP contribution in [0.15, 0.2) is 36.4 Å². The number of halogens is 2. The van der Waals surface area contributed by atoms with Gasteiger partial charge in [0, 0.05) is 10.7 Å². The van der Waals surface area contributed by atoms with E-state index in [9.17, 15) is 14.4 Å². The number of carbonyl (C=O) groups excluding carboxylic acids is 3. The summed E-state index contributed by atoms with van der Waals surface area (Å²) in [6, 6.07) is 9.04. The summed E-state index contributed by atoms with van der Waals surface area (Å²) in [4.78, 5) is 35.6. The number of hydrogen-bond donors (Lipinski definition) is 1. The lowest BCUT2D eigenvalue weighted by atomic mass is 10.1. The molecule has 2 rings (SSSR count). The van der Waals surface area contributed by atoms with Crippen molar-refractivity contribution in [2.75, 3.05) is 19.0 Å². The van der Waals surface area contributed by atoms with Gasteiger partial charge in [-0.25, -0.2) is 9.59 Å². The number of carbonyl (C=O) groups is 3. The Morgan fingerprint density at radius 3 is 2.42 bits per heavy atom. The molecule has 6 nitrogen and oxygen atoms in total. The highest BCUT2D eigenvalue weighted by Gasteiger charge is 2.15. The molecule has 0 spiro atoms. The van der Waals surface area contributed by atoms with E-state index in [1.54, 1.807) is 19.1 Å². The first-order valence-electron chi connectivity index (χ1n) is 7.43. The summed E-state index contributed by atoms with van der Waals surface area (Å²) in [7, 11) is 1.27. The Balaban J connectivity index is 2.00. The smallest absolute Gasteiger partial charge is 0.340 e. The molecule has 0 aromatic heterocycles. The van der Waals surface area contributed by atoms with E-state index >= 15 is 0 Å². The first-order valence-corrected chi connectivity index (χ1v) is 8.18. The molecule has 26 heavy (non-hydrogen) atoms. The van der Waals surface area contributed by atoms with E-state index in [2.05, 4.69) is 10.1 Å². The molecule has 136 valence electrons. The van der Waals surface area contributed by atoms with Gasteiger partial charge < -0.3 is 14.8 Å². The van der Waals surface area contributed by atoms with Crippen LogP contribution in [0, 0.1) is 6.92 Å². The van der Waals surface area contributed by atoms with Crippen molar-refractivity contribution in [2.24, 2.45) is 0 Å². The molecule has 0 saturated carbocycles. The van der Waals surface area contributed by atoms with Gasteiger partial charge in [-0.15, -0.1) is 0 Å². The van der Waals surface area contributed by atoms with Crippen molar-refractivity contribution in [1.82, 2.24) is 0 Å². The van der Waals surface area contributed by atoms with Crippen molar-refractivity contribution in [3.8, 4) is 0 Å². The molecule has 0 atom stereocenters. The Labute approximate surface area is 160 Å². The van der Waals surface area contributed by atoms with E-state index in [0.717, 1.165) is 5.56 Å². The van der Waals surface area contributed by atoms with Crippen LogP contribution in [0.2, 0.25) is 10.0 Å². The third-order valence-corrected chi connectivity index (χ3v) is 3.97. The second kappa shape index (κ2) is 8.69. The predicted octanol–water partition coefficient (Wildman–Crippen LogP) is 3.88. The highest BCUT2D eigenvalue weighted by molar-refractivity contribution is 6.36. The fraction of sp³-hybridized carbons (Fsp3) is 0.167. The van der Waals surface area contributed by atoms with E-state index in [4.69, 9.17) is 27.9 Å². The van der Waals surface area contributed by atoms with Gasteiger partial charge in [0.25, 0.3) is 5.91 Å². The van der Waals surface area contributed by atoms with E-state index in [1.807, 2.05) is 0 Å². The molecule has 0 aliphatic heterocycles. The quantitative estimate of drug-likeness (QED) is 0.776. The fourth-order valence-corrected chi connectivity index (χ4v) is 2.54. The molecule has 1 amide bonds. The summed E-state index contributed by atoms with van der Waals surface area (Å²) in [5.74, 6) is -1.83. The molecule has 0 radical (unpaired) electrons. The average molecular weight is 396 g/mol. The molecule has 0 aliphatic rings. The molecule has 0 aliphatic carbocycles. The van der Waals surface area contributed by atoms with Crippen molar-refractivity contribution in [1.29, 1.82) is 0 Å². The van der Waals surface area contributed by atoms with Gasteiger partial charge in [0.2, 0.25) is 0 Å². The van der Waals surface area contributed by atoms with Gasteiger partial charge in [-0.1, -0.05) is 29.3 Å². The number of esters is 2. The zero-order valence-electron chi connectivity index (χ0n) is 14.0. The van der Waals surface area contributed by atoms with Crippen molar-refractivity contribution >= 4 is 46.7 Å². The standard InChI is InChI=1S/C18H15Cl2NO5/c1-10-3-4-11(17(23)25-2)7-15(10)21-16(22)9-26-18(24)13-6-5-12(19)8-14(13)20/h3-8H,9H2,1-2H3,(H,21,22). The summed E-state index contributed by atoms with van der Waals surface area (Å²) in [5, 5.41) is 3.09. The molecule has 0 fully saturated rings. The number of rotatable bonds is 5. The molecule has 0 saturated heterocycles. The van der Waals surface area contributed by atoms with Crippen LogP contribution in [0.4, 0.5) is 5.69 Å². The molecule has 2 aromatic carbocycles. The van der Waals surface area contributed by atoms with E-state index in [1.165, 1.54) is 31.4 Å². The van der Waals surface area contributed by atoms with E-state index in [-0.39, 0.29) is 10.6 Å². The summed E-state index contributed by atoms with van der Waals surface area (Å²) in [5.41, 5.74) is 1.54. The van der Waals surface area contributed by atoms with Crippen LogP contribution in [-0.4, -0.2) is 31.6 Å². The zero-order valence-corrected chi connectivity index (χ0v) is 15.5. The Bertz CT molecular complexity index is 867. The predicted molar refractivity (Wildman–Crippen MR) is 97.9 cm³/mol. The van der Waals surface area contributed by atoms with Crippen molar-refractivity contribution in [2.45, 2.75) is 6.92 Å². The SMILES string of the molecule is COC(=O)c1ccc(C)c(NC(=O)COC(=O)c2ccc(Cl)cc2Cl)c1. The number of amides is 1. The highest BCUT2D eigenvalue weighted by atomic mass is 35.5. The van der Waals surface area contributed by atoms with E-state index < -0.39 is 24.5 Å². The minimum absolute atomic E-state index is 0.104. The summed E-state index contributed by atoms with van der Waals surface area (Å²) < 4.78 is 9.59. The lowest BCUT2D eigenvalue weighted by Crippen LogP contribution is -2.21. The van der Waals surface area contributed by atoms with E-state index in [0.29, 0.717) is 16.3 Å². The first-order chi connectivity index (χ1) is 12.3. The van der Waals surface area contributed by atoms with Crippen LogP contribution >= 0.6 is 23.2 Å². The van der Waals surface area contributed by atoms with Crippen molar-refractivity contribution in [3.63, 3.8) is 0 Å². The zero-order chi connectivity index (χ0) is 19.3. The Morgan fingerprint density at radius 2 is 1.77 bits per heavy atom. The second-order valence-corrected chi connectivity index (χ2v) is 6.11. The van der Waals surface area contributed by atoms with Crippen LogP contribution < -0.4 is 5.32 Å². The molecule has 0 heterocycles. The van der Waals surface area contributed by atoms with Crippen molar-refractivity contribution in [3.05, 3.63) is 63.1 Å². The Hall–Kier alpha value is -2.57. The minimum Gasteiger partial charge on any atom is -0.465 e. The van der Waals surface area contributed by atoms with Gasteiger partial charge in [-0.2, -0.15) is 0 Å². The maximum absolute atomic E-state index is 12.0. The topological polar surface area (TPSA) is 81.7 Å². The molecular weight excluding hydrogens is 381 g/mol. The number of anilines is 1. The van der Waals surface area contributed by atoms with Crippen LogP contribution in [0.5, 0.6) is 0 Å². The third kappa shape index (κ3) is 4.97. The fourth-order valence-electron chi connectivity index (χ4n) is 2.05. The lowest BCUT2D eigenvalue weighted by molar-refractivity contribution is -0.119. The number of hydrogen-bond acceptors (Lipinski definition) is 5. The van der Waals surface area contributed by atoms with Gasteiger partial charge in [-0.05, 0) is 42.8 Å². The largest absolute Gasteiger partial charge is 0.465 e. The molecule has 2 aromatic rings. The van der Waals surface area contributed by atoms with Gasteiger partial charge >= 0.3 is 11.9 Å². The van der Waals surface area contributed by atoms with Crippen molar-refractivity contribution < 1.29 is 23.9 Å². The van der Waals surface area contributed by atoms with Crippen LogP contribution in [0.3, 0.4) is 0 Å². The lowest BCUT2D eigenvalue weighted by Gasteiger charge is -2.11. The normalized spacial score (nSPS) is 10.2. The van der Waals surface area contributed by atoms with Gasteiger partial charge in [-0.3, -0.25) is 4.79 Å². The summed E-state index contributed by atoms with van der Waals surface area (Å²) in [6.07, 6.45) is 0. The van der Waals surface area contributed by atoms with Crippen LogP contribution in [0.25, 0.3) is 0 Å². The van der Waals surface area contributed by atoms with Crippen LogP contribution in [-0.2, 0) is 14.3 Å². The molecule has 0 bridgehead atoms. The maximum Gasteiger partial charge on any atom is 0.340 e. The Morgan fingerprint density at radius 1 is 1.04 bits per heavy atom. The summed E-state index contributed by atoms with van der Waals surface area (Å²) >= 11 is 11.7. The highest BCUT2D eigenvalue weighted by Crippen LogP contribution is 2.22. The van der Waals surface area contributed by atoms with Gasteiger partial charge in [0.1, 0.15) is 0 Å². The summed E-state index contributed by atoms with van der Waals surface area (Å²) in [6.45, 7) is 1.25. The van der Waals surface area contributed by atoms with Gasteiger partial charge in [0.05, 0.1) is 23.3 Å². The molecular formula is C18H15Cl2NO5. The number of aryl methyl sites for hydroxylation is 1. The van der Waals surface area contributed by atoms with Gasteiger partial charge in [0.15, 0.2) is 6.61 Å². The number of methoxy groups -OCH3 is 1. The molecule has 8 heteroatoms.